The lowest BCUT2D eigenvalue weighted by Gasteiger charge is -2.55. The number of aliphatic hydroxyl groups is 1. The molecule has 1 N–H and O–H groups in total. The SMILES string of the molecule is CSC1(SC)C(=O)[C@H](OCc2ccccc2)[C@@H](OCc2ccccc2)[C@H](OCc2ccccc2)[C@@]1(O)COCc1ccccc1. The Labute approximate surface area is 274 Å². The van der Waals surface area contributed by atoms with Crippen molar-refractivity contribution in [2.75, 3.05) is 19.1 Å². The molecule has 6 nitrogen and oxygen atoms in total. The third kappa shape index (κ3) is 7.72. The smallest absolute Gasteiger partial charge is 0.193 e. The minimum Gasteiger partial charge on any atom is -0.382 e. The molecule has 0 bridgehead atoms. The van der Waals surface area contributed by atoms with Crippen LogP contribution in [-0.4, -0.2) is 58.0 Å². The van der Waals surface area contributed by atoms with Crippen LogP contribution in [-0.2, 0) is 50.2 Å². The Bertz CT molecular complexity index is 1450. The van der Waals surface area contributed by atoms with Crippen molar-refractivity contribution in [1.82, 2.24) is 0 Å². The molecule has 0 heterocycles. The average molecular weight is 645 g/mol. The van der Waals surface area contributed by atoms with E-state index in [4.69, 9.17) is 18.9 Å². The van der Waals surface area contributed by atoms with Gasteiger partial charge in [-0.1, -0.05) is 121 Å². The highest BCUT2D eigenvalue weighted by Gasteiger charge is 2.69. The van der Waals surface area contributed by atoms with E-state index in [1.165, 1.54) is 23.5 Å². The number of thioether (sulfide) groups is 2. The van der Waals surface area contributed by atoms with Crippen LogP contribution >= 0.6 is 23.5 Å². The third-order valence-corrected chi connectivity index (χ3v) is 11.3. The van der Waals surface area contributed by atoms with Crippen molar-refractivity contribution >= 4 is 29.3 Å². The van der Waals surface area contributed by atoms with Gasteiger partial charge in [0.2, 0.25) is 0 Å². The maximum absolute atomic E-state index is 14.7. The molecule has 0 aliphatic heterocycles. The van der Waals surface area contributed by atoms with Gasteiger partial charge in [-0.25, -0.2) is 0 Å². The molecule has 4 aromatic carbocycles. The van der Waals surface area contributed by atoms with Gasteiger partial charge >= 0.3 is 0 Å². The van der Waals surface area contributed by atoms with Crippen molar-refractivity contribution in [2.45, 2.75) is 54.4 Å². The molecule has 0 spiro atoms. The number of carbonyl (C=O) groups excluding carboxylic acids is 1. The molecule has 0 amide bonds. The molecule has 5 rings (SSSR count). The van der Waals surface area contributed by atoms with Gasteiger partial charge in [0, 0.05) is 0 Å². The first-order valence-electron chi connectivity index (χ1n) is 15.0. The molecular weight excluding hydrogens is 605 g/mol. The number of rotatable bonds is 15. The summed E-state index contributed by atoms with van der Waals surface area (Å²) in [4.78, 5) is 14.7. The third-order valence-electron chi connectivity index (χ3n) is 8.06. The summed E-state index contributed by atoms with van der Waals surface area (Å²) in [5.41, 5.74) is 1.98. The first-order chi connectivity index (χ1) is 22.0. The van der Waals surface area contributed by atoms with Crippen LogP contribution in [0, 0.1) is 0 Å². The average Bonchev–Trinajstić information content (AvgIpc) is 3.09. The highest BCUT2D eigenvalue weighted by atomic mass is 32.2. The van der Waals surface area contributed by atoms with E-state index >= 15 is 0 Å². The molecular formula is C37H40O6S2. The molecule has 1 saturated carbocycles. The summed E-state index contributed by atoms with van der Waals surface area (Å²) >= 11 is 2.58. The Kier molecular flexibility index (Phi) is 11.9. The van der Waals surface area contributed by atoms with Crippen LogP contribution in [0.4, 0.5) is 0 Å². The lowest BCUT2D eigenvalue weighted by molar-refractivity contribution is -0.241. The van der Waals surface area contributed by atoms with Gasteiger partial charge in [0.1, 0.15) is 23.9 Å². The van der Waals surface area contributed by atoms with Crippen molar-refractivity contribution in [3.8, 4) is 0 Å². The van der Waals surface area contributed by atoms with Crippen molar-refractivity contribution in [3.05, 3.63) is 144 Å². The van der Waals surface area contributed by atoms with Gasteiger partial charge in [0.05, 0.1) is 33.0 Å². The van der Waals surface area contributed by atoms with E-state index in [1.807, 2.05) is 134 Å². The lowest BCUT2D eigenvalue weighted by Crippen LogP contribution is -2.76. The highest BCUT2D eigenvalue weighted by Crippen LogP contribution is 2.53. The molecule has 1 fully saturated rings. The molecule has 0 radical (unpaired) electrons. The van der Waals surface area contributed by atoms with Gasteiger partial charge in [-0.05, 0) is 34.8 Å². The number of Topliss-reactive ketones (excluding diaryl/α,β-unsaturated/α-hetero) is 1. The normalized spacial score (nSPS) is 22.7. The fourth-order valence-corrected chi connectivity index (χ4v) is 8.11. The summed E-state index contributed by atoms with van der Waals surface area (Å²) in [6.07, 6.45) is 0.761. The number of ketones is 1. The van der Waals surface area contributed by atoms with Crippen LogP contribution in [0.2, 0.25) is 0 Å². The predicted octanol–water partition coefficient (Wildman–Crippen LogP) is 6.70. The zero-order valence-electron chi connectivity index (χ0n) is 25.6. The van der Waals surface area contributed by atoms with Crippen LogP contribution < -0.4 is 0 Å². The van der Waals surface area contributed by atoms with Crippen LogP contribution in [0.15, 0.2) is 121 Å². The number of benzene rings is 4. The maximum atomic E-state index is 14.7. The molecule has 0 unspecified atom stereocenters. The number of carbonyl (C=O) groups is 1. The summed E-state index contributed by atoms with van der Waals surface area (Å²) in [6, 6.07) is 39.0. The van der Waals surface area contributed by atoms with E-state index in [0.717, 1.165) is 22.3 Å². The zero-order valence-corrected chi connectivity index (χ0v) is 27.3. The fourth-order valence-electron chi connectivity index (χ4n) is 5.75. The van der Waals surface area contributed by atoms with Crippen LogP contribution in [0.5, 0.6) is 0 Å². The van der Waals surface area contributed by atoms with E-state index in [0.29, 0.717) is 0 Å². The van der Waals surface area contributed by atoms with Crippen molar-refractivity contribution < 1.29 is 28.8 Å². The number of hydrogen-bond acceptors (Lipinski definition) is 8. The first kappa shape index (κ1) is 33.4. The lowest BCUT2D eigenvalue weighted by atomic mass is 9.76. The topological polar surface area (TPSA) is 74.2 Å². The van der Waals surface area contributed by atoms with Gasteiger partial charge in [0.25, 0.3) is 0 Å². The Morgan fingerprint density at radius 3 is 1.44 bits per heavy atom. The first-order valence-corrected chi connectivity index (χ1v) is 17.4. The molecule has 4 aromatic rings. The van der Waals surface area contributed by atoms with Gasteiger partial charge < -0.3 is 24.1 Å². The summed E-state index contributed by atoms with van der Waals surface area (Å²) in [5.74, 6) is -0.262. The quantitative estimate of drug-likeness (QED) is 0.144. The van der Waals surface area contributed by atoms with Gasteiger partial charge in [-0.2, -0.15) is 0 Å². The maximum Gasteiger partial charge on any atom is 0.193 e. The Morgan fingerprint density at radius 2 is 1.00 bits per heavy atom. The predicted molar refractivity (Wildman–Crippen MR) is 181 cm³/mol. The Balaban J connectivity index is 1.54. The number of ether oxygens (including phenoxy) is 4. The zero-order chi connectivity index (χ0) is 31.5. The molecule has 0 saturated heterocycles. The second-order valence-corrected chi connectivity index (χ2v) is 13.3. The van der Waals surface area contributed by atoms with E-state index in [1.54, 1.807) is 0 Å². The highest BCUT2D eigenvalue weighted by molar-refractivity contribution is 8.19. The second kappa shape index (κ2) is 16.1. The molecule has 1 aliphatic carbocycles. The molecule has 236 valence electrons. The van der Waals surface area contributed by atoms with Crippen molar-refractivity contribution in [2.24, 2.45) is 0 Å². The fraction of sp³-hybridized carbons (Fsp3) is 0.324. The standard InChI is InChI=1S/C37H40O6S2/c1-44-37(45-2)34(38)32(41-24-29-17-9-4-10-18-29)33(42-25-30-19-11-5-12-20-30)35(43-26-31-21-13-6-14-22-31)36(37,39)27-40-23-28-15-7-3-8-16-28/h3-22,32-33,35,39H,23-27H2,1-2H3/t32-,33-,35+,36+/m1/s1. The molecule has 4 atom stereocenters. The Hall–Kier alpha value is -2.95. The minimum absolute atomic E-state index is 0.147. The van der Waals surface area contributed by atoms with Gasteiger partial charge in [-0.3, -0.25) is 4.79 Å². The van der Waals surface area contributed by atoms with E-state index in [2.05, 4.69) is 0 Å². The largest absolute Gasteiger partial charge is 0.382 e. The van der Waals surface area contributed by atoms with E-state index < -0.39 is 28.0 Å². The van der Waals surface area contributed by atoms with E-state index in [9.17, 15) is 9.90 Å². The van der Waals surface area contributed by atoms with Crippen LogP contribution in [0.1, 0.15) is 22.3 Å². The van der Waals surface area contributed by atoms with Crippen molar-refractivity contribution in [1.29, 1.82) is 0 Å². The van der Waals surface area contributed by atoms with Crippen molar-refractivity contribution in [3.63, 3.8) is 0 Å². The summed E-state index contributed by atoms with van der Waals surface area (Å²) in [5, 5.41) is 12.9. The Morgan fingerprint density at radius 1 is 0.600 bits per heavy atom. The minimum atomic E-state index is -1.78. The van der Waals surface area contributed by atoms with E-state index in [-0.39, 0.29) is 38.8 Å². The van der Waals surface area contributed by atoms with Crippen LogP contribution in [0.25, 0.3) is 0 Å². The van der Waals surface area contributed by atoms with Gasteiger partial charge in [-0.15, -0.1) is 23.5 Å². The molecule has 8 heteroatoms. The molecule has 1 aliphatic rings. The molecule has 45 heavy (non-hydrogen) atoms. The van der Waals surface area contributed by atoms with Gasteiger partial charge in [0.15, 0.2) is 9.86 Å². The monoisotopic (exact) mass is 644 g/mol. The summed E-state index contributed by atoms with van der Waals surface area (Å²) in [6.45, 7) is 0.740. The van der Waals surface area contributed by atoms with Crippen LogP contribution in [0.3, 0.4) is 0 Å². The summed E-state index contributed by atoms with van der Waals surface area (Å²) < 4.78 is 24.6. The second-order valence-electron chi connectivity index (χ2n) is 11.0. The molecule has 0 aromatic heterocycles. The number of hydrogen-bond donors (Lipinski definition) is 1. The summed E-state index contributed by atoms with van der Waals surface area (Å²) in [7, 11) is 0.